The summed E-state index contributed by atoms with van der Waals surface area (Å²) in [7, 11) is -18.1. The quantitative estimate of drug-likeness (QED) is 0.164. The maximum absolute atomic E-state index is 11.4. The Kier molecular flexibility index (Phi) is 15.4. The fourth-order valence-corrected chi connectivity index (χ4v) is 4.88. The van der Waals surface area contributed by atoms with Gasteiger partial charge >= 0.3 is 59.1 Å². The minimum absolute atomic E-state index is 0. The van der Waals surface area contributed by atoms with Crippen LogP contribution in [0.2, 0.25) is 0 Å². The van der Waals surface area contributed by atoms with E-state index in [0.29, 0.717) is 0 Å². The molecule has 12 nitrogen and oxygen atoms in total. The largest absolute Gasteiger partial charge is 1.00 e. The van der Waals surface area contributed by atoms with Crippen LogP contribution in [0, 0.1) is 0 Å². The van der Waals surface area contributed by atoms with Crippen LogP contribution in [0.1, 0.15) is 0 Å². The van der Waals surface area contributed by atoms with Crippen LogP contribution < -0.4 is 59.1 Å². The van der Waals surface area contributed by atoms with Gasteiger partial charge in [0.05, 0.1) is 36.2 Å². The zero-order valence-corrected chi connectivity index (χ0v) is 20.0. The molecule has 0 amide bonds. The fraction of sp³-hybridized carbons (Fsp3) is 1.00. The molecule has 0 radical (unpaired) electrons. The molecular weight excluding hydrogens is 438 g/mol. The molecule has 0 aliphatic carbocycles. The minimum atomic E-state index is -5.05. The monoisotopic (exact) mass is 450 g/mol. The van der Waals surface area contributed by atoms with Crippen molar-refractivity contribution in [3.8, 4) is 0 Å². The predicted octanol–water partition coefficient (Wildman–Crippen LogP) is -9.22. The normalized spacial score (nSPS) is 12.9. The van der Waals surface area contributed by atoms with Gasteiger partial charge in [-0.25, -0.2) is 33.7 Å². The molecule has 0 saturated carbocycles. The van der Waals surface area contributed by atoms with Crippen molar-refractivity contribution in [2.45, 2.75) is 0 Å². The van der Waals surface area contributed by atoms with Crippen LogP contribution in [0.25, 0.3) is 0 Å². The van der Waals surface area contributed by atoms with Crippen molar-refractivity contribution >= 4 is 40.5 Å². The molecule has 0 fully saturated rings. The molecule has 0 heterocycles. The molecule has 24 heavy (non-hydrogen) atoms. The van der Waals surface area contributed by atoms with Gasteiger partial charge in [0.15, 0.2) is 19.7 Å². The summed E-state index contributed by atoms with van der Waals surface area (Å²) in [5, 5.41) is 0. The average molecular weight is 450 g/mol. The Morgan fingerprint density at radius 2 is 0.792 bits per heavy atom. The molecule has 0 aliphatic rings. The SMILES string of the molecule is O=S(=O)(CCOS(=O)(=O)[O-])CCS(=O)(=O)CCOS(=O)(=O)[O-].[Na+].[Na+]. The third kappa shape index (κ3) is 20.0. The summed E-state index contributed by atoms with van der Waals surface area (Å²) in [6.07, 6.45) is 0. The summed E-state index contributed by atoms with van der Waals surface area (Å²) in [5.74, 6) is -3.59. The smallest absolute Gasteiger partial charge is 0.726 e. The topological polar surface area (TPSA) is 201 Å². The van der Waals surface area contributed by atoms with Crippen LogP contribution in [-0.2, 0) is 48.8 Å². The molecular formula is C6H12Na2O12S4. The molecule has 0 spiro atoms. The first-order valence-corrected chi connectivity index (χ1v) is 11.5. The van der Waals surface area contributed by atoms with Crippen LogP contribution in [-0.4, -0.2) is 79.0 Å². The van der Waals surface area contributed by atoms with Gasteiger partial charge in [-0.3, -0.25) is 8.37 Å². The van der Waals surface area contributed by atoms with Crippen molar-refractivity contribution in [1.82, 2.24) is 0 Å². The molecule has 0 bridgehead atoms. The summed E-state index contributed by atoms with van der Waals surface area (Å²) in [6.45, 7) is -1.91. The number of rotatable bonds is 11. The molecule has 134 valence electrons. The second kappa shape index (κ2) is 12.2. The molecule has 0 aliphatic heterocycles. The third-order valence-corrected chi connectivity index (χ3v) is 6.35. The summed E-state index contributed by atoms with van der Waals surface area (Å²) in [6, 6.07) is 0. The van der Waals surface area contributed by atoms with E-state index in [4.69, 9.17) is 0 Å². The van der Waals surface area contributed by atoms with Gasteiger partial charge in [0.2, 0.25) is 20.8 Å². The zero-order chi connectivity index (χ0) is 17.7. The van der Waals surface area contributed by atoms with Crippen molar-refractivity contribution in [2.75, 3.05) is 36.2 Å². The maximum Gasteiger partial charge on any atom is 1.00 e. The molecule has 0 atom stereocenters. The molecule has 0 aromatic carbocycles. The van der Waals surface area contributed by atoms with E-state index in [9.17, 15) is 42.8 Å². The molecule has 0 rings (SSSR count). The summed E-state index contributed by atoms with van der Waals surface area (Å²) in [4.78, 5) is 0. The van der Waals surface area contributed by atoms with Crippen molar-refractivity contribution in [2.24, 2.45) is 0 Å². The van der Waals surface area contributed by atoms with Crippen LogP contribution in [0.4, 0.5) is 0 Å². The predicted molar refractivity (Wildman–Crippen MR) is 68.6 cm³/mol. The van der Waals surface area contributed by atoms with E-state index in [1.54, 1.807) is 0 Å². The summed E-state index contributed by atoms with van der Waals surface area (Å²) >= 11 is 0. The van der Waals surface area contributed by atoms with Gasteiger partial charge in [0.1, 0.15) is 0 Å². The van der Waals surface area contributed by atoms with Crippen molar-refractivity contribution in [3.05, 3.63) is 0 Å². The second-order valence-electron chi connectivity index (χ2n) is 3.76. The number of hydrogen-bond acceptors (Lipinski definition) is 12. The van der Waals surface area contributed by atoms with Crippen LogP contribution in [0.5, 0.6) is 0 Å². The molecule has 18 heteroatoms. The van der Waals surface area contributed by atoms with Crippen molar-refractivity contribution in [1.29, 1.82) is 0 Å². The van der Waals surface area contributed by atoms with Gasteiger partial charge in [-0.2, -0.15) is 0 Å². The molecule has 0 unspecified atom stereocenters. The summed E-state index contributed by atoms with van der Waals surface area (Å²) < 4.78 is 113. The van der Waals surface area contributed by atoms with E-state index in [1.165, 1.54) is 0 Å². The Hall–Kier alpha value is 1.64. The Morgan fingerprint density at radius 1 is 0.542 bits per heavy atom. The van der Waals surface area contributed by atoms with Gasteiger partial charge in [-0.05, 0) is 0 Å². The molecule has 0 aromatic rings. The fourth-order valence-electron chi connectivity index (χ4n) is 0.984. The number of hydrogen-bond donors (Lipinski definition) is 0. The van der Waals surface area contributed by atoms with E-state index < -0.39 is 76.7 Å². The van der Waals surface area contributed by atoms with Crippen molar-refractivity contribution < 1.29 is 110 Å². The zero-order valence-electron chi connectivity index (χ0n) is 12.8. The Morgan fingerprint density at radius 3 is 1.00 bits per heavy atom. The first-order valence-electron chi connectivity index (χ1n) is 5.23. The van der Waals surface area contributed by atoms with E-state index in [2.05, 4.69) is 8.37 Å². The molecule has 0 saturated heterocycles. The maximum atomic E-state index is 11.4. The van der Waals surface area contributed by atoms with Gasteiger partial charge in [0.25, 0.3) is 0 Å². The number of sulfone groups is 2. The van der Waals surface area contributed by atoms with Crippen LogP contribution >= 0.6 is 0 Å². The Bertz CT molecular complexity index is 697. The van der Waals surface area contributed by atoms with E-state index >= 15 is 0 Å². The first-order chi connectivity index (χ1) is 9.62. The van der Waals surface area contributed by atoms with Gasteiger partial charge in [-0.1, -0.05) is 0 Å². The second-order valence-corrected chi connectivity index (χ2v) is 10.5. The van der Waals surface area contributed by atoms with Crippen molar-refractivity contribution in [3.63, 3.8) is 0 Å². The van der Waals surface area contributed by atoms with E-state index in [0.717, 1.165) is 0 Å². The first kappa shape index (κ1) is 30.4. The van der Waals surface area contributed by atoms with Crippen LogP contribution in [0.15, 0.2) is 0 Å². The molecule has 0 N–H and O–H groups in total. The van der Waals surface area contributed by atoms with Crippen LogP contribution in [0.3, 0.4) is 0 Å². The molecule has 0 aromatic heterocycles. The van der Waals surface area contributed by atoms with Gasteiger partial charge < -0.3 is 9.11 Å². The van der Waals surface area contributed by atoms with Gasteiger partial charge in [-0.15, -0.1) is 0 Å². The summed E-state index contributed by atoms with van der Waals surface area (Å²) in [5.41, 5.74) is 0. The third-order valence-electron chi connectivity index (χ3n) is 1.95. The average Bonchev–Trinajstić information content (AvgIpc) is 2.22. The Balaban J connectivity index is -0.00000220. The standard InChI is InChI=1S/C6H14O12S4.2Na/c7-19(8,3-1-17-21(11,12)13)5-6-20(9,10)4-2-18-22(14,15)16;;/h1-6H2,(H,11,12,13)(H,14,15,16);;/q;2*+1/p-2. The van der Waals surface area contributed by atoms with E-state index in [1.807, 2.05) is 0 Å². The Labute approximate surface area is 185 Å². The van der Waals surface area contributed by atoms with E-state index in [-0.39, 0.29) is 59.1 Å². The minimum Gasteiger partial charge on any atom is -0.726 e. The van der Waals surface area contributed by atoms with Gasteiger partial charge in [0, 0.05) is 0 Å².